The molecule has 8 nitrogen and oxygen atoms in total. The fourth-order valence-electron chi connectivity index (χ4n) is 3.29. The van der Waals surface area contributed by atoms with Gasteiger partial charge >= 0.3 is 0 Å². The number of benzene rings is 2. The molecule has 0 unspecified atom stereocenters. The van der Waals surface area contributed by atoms with Crippen LogP contribution in [0.1, 0.15) is 15.4 Å². The number of amides is 1. The van der Waals surface area contributed by atoms with E-state index in [0.29, 0.717) is 31.3 Å². The Hall–Kier alpha value is -2.82. The number of hydrogen-bond acceptors (Lipinski definition) is 7. The highest BCUT2D eigenvalue weighted by molar-refractivity contribution is 7.89. The summed E-state index contributed by atoms with van der Waals surface area (Å²) in [6.07, 6.45) is 0. The van der Waals surface area contributed by atoms with E-state index in [2.05, 4.69) is 20.4 Å². The summed E-state index contributed by atoms with van der Waals surface area (Å²) >= 11 is 1.26. The number of nitrogens with one attached hydrogen (secondary N) is 1. The second-order valence-electron chi connectivity index (χ2n) is 6.83. The Morgan fingerprint density at radius 3 is 2.40 bits per heavy atom. The normalized spacial score (nSPS) is 15.2. The highest BCUT2D eigenvalue weighted by Gasteiger charge is 2.29. The van der Waals surface area contributed by atoms with Crippen LogP contribution in [0.3, 0.4) is 0 Å². The first-order chi connectivity index (χ1) is 14.4. The first-order valence-corrected chi connectivity index (χ1v) is 11.7. The third kappa shape index (κ3) is 4.35. The summed E-state index contributed by atoms with van der Waals surface area (Å²) in [5.41, 5.74) is 1.34. The van der Waals surface area contributed by atoms with Crippen LogP contribution < -0.4 is 10.2 Å². The predicted molar refractivity (Wildman–Crippen MR) is 116 cm³/mol. The van der Waals surface area contributed by atoms with Crippen molar-refractivity contribution in [3.8, 4) is 0 Å². The van der Waals surface area contributed by atoms with Gasteiger partial charge in [0.05, 0.1) is 4.90 Å². The van der Waals surface area contributed by atoms with Crippen LogP contribution in [0.5, 0.6) is 0 Å². The van der Waals surface area contributed by atoms with Crippen molar-refractivity contribution in [3.05, 3.63) is 65.2 Å². The van der Waals surface area contributed by atoms with Gasteiger partial charge in [0.2, 0.25) is 15.2 Å². The van der Waals surface area contributed by atoms with Crippen LogP contribution in [-0.4, -0.2) is 55.0 Å². The lowest BCUT2D eigenvalue weighted by Gasteiger charge is -2.35. The van der Waals surface area contributed by atoms with Crippen LogP contribution in [0, 0.1) is 6.92 Å². The van der Waals surface area contributed by atoms with Crippen molar-refractivity contribution in [2.45, 2.75) is 11.8 Å². The van der Waals surface area contributed by atoms with Gasteiger partial charge in [-0.15, -0.1) is 10.2 Å². The molecular formula is C20H21N5O3S2. The quantitative estimate of drug-likeness (QED) is 0.651. The molecule has 10 heteroatoms. The molecule has 0 saturated carbocycles. The van der Waals surface area contributed by atoms with Crippen molar-refractivity contribution in [1.29, 1.82) is 0 Å². The van der Waals surface area contributed by atoms with Crippen molar-refractivity contribution in [1.82, 2.24) is 14.5 Å². The van der Waals surface area contributed by atoms with Gasteiger partial charge in [0.25, 0.3) is 5.91 Å². The molecule has 0 bridgehead atoms. The van der Waals surface area contributed by atoms with Crippen LogP contribution in [0.4, 0.5) is 10.8 Å². The van der Waals surface area contributed by atoms with Gasteiger partial charge in [-0.3, -0.25) is 10.1 Å². The Morgan fingerprint density at radius 2 is 1.73 bits per heavy atom. The van der Waals surface area contributed by atoms with Gasteiger partial charge in [0, 0.05) is 37.4 Å². The number of nitrogens with zero attached hydrogens (tertiary/aromatic N) is 4. The highest BCUT2D eigenvalue weighted by Crippen LogP contribution is 2.22. The zero-order valence-electron chi connectivity index (χ0n) is 16.4. The average Bonchev–Trinajstić information content (AvgIpc) is 3.19. The number of carbonyl (C=O) groups is 1. The standard InChI is InChI=1S/C20H21N5O3S2/c1-15-22-23-20(29-15)21-19(26)16-6-5-9-18(14-16)30(27,28)25-12-10-24(11-13-25)17-7-3-2-4-8-17/h2-9,14H,10-13H2,1H3,(H,21,23,26). The maximum Gasteiger partial charge on any atom is 0.257 e. The Bertz CT molecular complexity index is 1140. The van der Waals surface area contributed by atoms with Crippen LogP contribution in [-0.2, 0) is 10.0 Å². The molecule has 156 valence electrons. The minimum Gasteiger partial charge on any atom is -0.369 e. The van der Waals surface area contributed by atoms with Crippen molar-refractivity contribution < 1.29 is 13.2 Å². The van der Waals surface area contributed by atoms with E-state index in [4.69, 9.17) is 0 Å². The Balaban J connectivity index is 1.47. The largest absolute Gasteiger partial charge is 0.369 e. The van der Waals surface area contributed by atoms with E-state index in [9.17, 15) is 13.2 Å². The van der Waals surface area contributed by atoms with Crippen molar-refractivity contribution in [3.63, 3.8) is 0 Å². The minimum atomic E-state index is -3.69. The summed E-state index contributed by atoms with van der Waals surface area (Å²) in [7, 11) is -3.69. The zero-order valence-corrected chi connectivity index (χ0v) is 18.0. The molecule has 30 heavy (non-hydrogen) atoms. The lowest BCUT2D eigenvalue weighted by molar-refractivity contribution is 0.102. The lowest BCUT2D eigenvalue weighted by atomic mass is 10.2. The molecule has 0 atom stereocenters. The zero-order chi connectivity index (χ0) is 21.1. The van der Waals surface area contributed by atoms with Gasteiger partial charge in [0.1, 0.15) is 5.01 Å². The minimum absolute atomic E-state index is 0.108. The lowest BCUT2D eigenvalue weighted by Crippen LogP contribution is -2.48. The molecule has 1 aliphatic heterocycles. The summed E-state index contributed by atoms with van der Waals surface area (Å²) in [6.45, 7) is 3.78. The number of hydrogen-bond donors (Lipinski definition) is 1. The van der Waals surface area contributed by atoms with E-state index in [1.807, 2.05) is 30.3 Å². The fourth-order valence-corrected chi connectivity index (χ4v) is 5.34. The second kappa shape index (κ2) is 8.50. The second-order valence-corrected chi connectivity index (χ2v) is 9.95. The topological polar surface area (TPSA) is 95.5 Å². The molecule has 0 radical (unpaired) electrons. The molecule has 2 aromatic carbocycles. The molecule has 1 aromatic heterocycles. The molecule has 2 heterocycles. The predicted octanol–water partition coefficient (Wildman–Crippen LogP) is 2.61. The van der Waals surface area contributed by atoms with E-state index in [0.717, 1.165) is 10.7 Å². The van der Waals surface area contributed by atoms with Crippen LogP contribution in [0.25, 0.3) is 0 Å². The van der Waals surface area contributed by atoms with Crippen LogP contribution in [0.2, 0.25) is 0 Å². The number of rotatable bonds is 5. The van der Waals surface area contributed by atoms with Crippen LogP contribution >= 0.6 is 11.3 Å². The molecule has 0 aliphatic carbocycles. The number of aromatic nitrogens is 2. The van der Waals surface area contributed by atoms with Crippen LogP contribution in [0.15, 0.2) is 59.5 Å². The number of sulfonamides is 1. The maximum absolute atomic E-state index is 13.1. The molecule has 0 spiro atoms. The summed E-state index contributed by atoms with van der Waals surface area (Å²) in [5.74, 6) is -0.419. The molecule has 1 aliphatic rings. The van der Waals surface area contributed by atoms with Gasteiger partial charge in [-0.05, 0) is 37.3 Å². The van der Waals surface area contributed by atoms with E-state index in [1.165, 1.54) is 27.8 Å². The molecule has 1 saturated heterocycles. The average molecular weight is 444 g/mol. The van der Waals surface area contributed by atoms with Gasteiger partial charge in [-0.25, -0.2) is 8.42 Å². The molecular weight excluding hydrogens is 422 g/mol. The smallest absolute Gasteiger partial charge is 0.257 e. The van der Waals surface area contributed by atoms with E-state index in [1.54, 1.807) is 19.1 Å². The van der Waals surface area contributed by atoms with Gasteiger partial charge in [-0.1, -0.05) is 35.6 Å². The Morgan fingerprint density at radius 1 is 1.00 bits per heavy atom. The van der Waals surface area contributed by atoms with E-state index in [-0.39, 0.29) is 10.5 Å². The summed E-state index contributed by atoms with van der Waals surface area (Å²) in [4.78, 5) is 14.8. The SMILES string of the molecule is Cc1nnc(NC(=O)c2cccc(S(=O)(=O)N3CCN(c4ccccc4)CC3)c2)s1. The fraction of sp³-hybridized carbons (Fsp3) is 0.250. The van der Waals surface area contributed by atoms with Crippen molar-refractivity contribution >= 4 is 38.1 Å². The van der Waals surface area contributed by atoms with E-state index < -0.39 is 15.9 Å². The van der Waals surface area contributed by atoms with E-state index >= 15 is 0 Å². The molecule has 1 amide bonds. The summed E-state index contributed by atoms with van der Waals surface area (Å²) in [6, 6.07) is 16.0. The monoisotopic (exact) mass is 443 g/mol. The van der Waals surface area contributed by atoms with Crippen molar-refractivity contribution in [2.24, 2.45) is 0 Å². The Kier molecular flexibility index (Phi) is 5.80. The summed E-state index contributed by atoms with van der Waals surface area (Å²) in [5, 5.41) is 11.5. The van der Waals surface area contributed by atoms with Crippen molar-refractivity contribution in [2.75, 3.05) is 36.4 Å². The maximum atomic E-state index is 13.1. The number of carbonyl (C=O) groups excluding carboxylic acids is 1. The third-order valence-electron chi connectivity index (χ3n) is 4.84. The molecule has 1 fully saturated rings. The number of para-hydroxylation sites is 1. The van der Waals surface area contributed by atoms with Gasteiger partial charge in [0.15, 0.2) is 0 Å². The number of piperazine rings is 1. The highest BCUT2D eigenvalue weighted by atomic mass is 32.2. The first kappa shape index (κ1) is 20.5. The Labute approximate surface area is 179 Å². The van der Waals surface area contributed by atoms with Gasteiger partial charge < -0.3 is 4.90 Å². The third-order valence-corrected chi connectivity index (χ3v) is 7.49. The summed E-state index contributed by atoms with van der Waals surface area (Å²) < 4.78 is 27.7. The number of anilines is 2. The molecule has 1 N–H and O–H groups in total. The number of aryl methyl sites for hydroxylation is 1. The molecule has 4 rings (SSSR count). The first-order valence-electron chi connectivity index (χ1n) is 9.45. The van der Waals surface area contributed by atoms with Gasteiger partial charge in [-0.2, -0.15) is 4.31 Å². The molecule has 3 aromatic rings.